The third kappa shape index (κ3) is 3.69. The highest BCUT2D eigenvalue weighted by Crippen LogP contribution is 2.39. The molecule has 2 N–H and O–H groups in total. The lowest BCUT2D eigenvalue weighted by Gasteiger charge is -2.35. The van der Waals surface area contributed by atoms with Crippen LogP contribution in [0.15, 0.2) is 51.8 Å². The predicted molar refractivity (Wildman–Crippen MR) is 117 cm³/mol. The number of carbonyl (C=O) groups is 1. The zero-order chi connectivity index (χ0) is 21.5. The fourth-order valence-corrected chi connectivity index (χ4v) is 5.20. The Morgan fingerprint density at radius 1 is 1.26 bits per heavy atom. The summed E-state index contributed by atoms with van der Waals surface area (Å²) < 4.78 is 0. The summed E-state index contributed by atoms with van der Waals surface area (Å²) >= 11 is 6.22. The van der Waals surface area contributed by atoms with Gasteiger partial charge in [-0.2, -0.15) is 5.10 Å². The molecule has 0 radical (unpaired) electrons. The highest BCUT2D eigenvalue weighted by molar-refractivity contribution is 6.29. The lowest BCUT2D eigenvalue weighted by molar-refractivity contribution is -0.140. The number of aromatic nitrogens is 2. The van der Waals surface area contributed by atoms with Gasteiger partial charge in [0, 0.05) is 34.7 Å². The van der Waals surface area contributed by atoms with Gasteiger partial charge in [0.1, 0.15) is 18.0 Å². The van der Waals surface area contributed by atoms with Crippen molar-refractivity contribution < 1.29 is 9.90 Å². The molecule has 2 aliphatic carbocycles. The summed E-state index contributed by atoms with van der Waals surface area (Å²) in [5.41, 5.74) is 2.72. The van der Waals surface area contributed by atoms with E-state index in [0.717, 1.165) is 59.3 Å². The SMILES string of the molecule is Cc1nccc(C2CCC(N3N=CN4C3=CNC3=C(CCC(Cl)=C3)C4C(=O)O)CC2)n1. The molecule has 1 saturated carbocycles. The summed E-state index contributed by atoms with van der Waals surface area (Å²) in [6, 6.07) is 1.45. The van der Waals surface area contributed by atoms with Crippen molar-refractivity contribution in [2.45, 2.75) is 63.5 Å². The number of aliphatic carboxylic acids is 1. The molecular formula is C22H25ClN6O2. The largest absolute Gasteiger partial charge is 0.479 e. The van der Waals surface area contributed by atoms with E-state index in [1.807, 2.05) is 36.5 Å². The molecule has 0 bridgehead atoms. The molecule has 5 rings (SSSR count). The first-order valence-corrected chi connectivity index (χ1v) is 11.1. The number of allylic oxidation sites excluding steroid dienone is 2. The summed E-state index contributed by atoms with van der Waals surface area (Å²) in [6.45, 7) is 1.92. The van der Waals surface area contributed by atoms with Gasteiger partial charge in [-0.3, -0.25) is 4.90 Å². The Hall–Kier alpha value is -2.87. The van der Waals surface area contributed by atoms with Crippen LogP contribution in [0.3, 0.4) is 0 Å². The first kappa shape index (κ1) is 20.1. The number of carboxylic acids is 1. The number of halogens is 1. The topological polar surface area (TPSA) is 94.0 Å². The van der Waals surface area contributed by atoms with Crippen molar-refractivity contribution >= 4 is 23.9 Å². The number of aryl methyl sites for hydroxylation is 1. The maximum absolute atomic E-state index is 12.2. The third-order valence-corrected chi connectivity index (χ3v) is 6.84. The van der Waals surface area contributed by atoms with Crippen LogP contribution in [0, 0.1) is 6.92 Å². The van der Waals surface area contributed by atoms with Gasteiger partial charge < -0.3 is 10.4 Å². The predicted octanol–water partition coefficient (Wildman–Crippen LogP) is 3.40. The Morgan fingerprint density at radius 3 is 2.81 bits per heavy atom. The molecule has 0 aromatic carbocycles. The quantitative estimate of drug-likeness (QED) is 0.743. The highest BCUT2D eigenvalue weighted by Gasteiger charge is 2.41. The second kappa shape index (κ2) is 8.00. The van der Waals surface area contributed by atoms with Crippen LogP contribution in [0.5, 0.6) is 0 Å². The maximum atomic E-state index is 12.2. The van der Waals surface area contributed by atoms with Crippen LogP contribution < -0.4 is 5.32 Å². The first-order valence-electron chi connectivity index (χ1n) is 10.7. The summed E-state index contributed by atoms with van der Waals surface area (Å²) in [7, 11) is 0. The minimum atomic E-state index is -0.885. The maximum Gasteiger partial charge on any atom is 0.331 e. The van der Waals surface area contributed by atoms with E-state index in [-0.39, 0.29) is 6.04 Å². The van der Waals surface area contributed by atoms with Gasteiger partial charge >= 0.3 is 5.97 Å². The minimum absolute atomic E-state index is 0.220. The highest BCUT2D eigenvalue weighted by atomic mass is 35.5. The van der Waals surface area contributed by atoms with Crippen LogP contribution >= 0.6 is 11.6 Å². The molecule has 9 heteroatoms. The van der Waals surface area contributed by atoms with E-state index in [1.165, 1.54) is 0 Å². The van der Waals surface area contributed by atoms with Gasteiger partial charge in [-0.25, -0.2) is 19.8 Å². The molecule has 0 saturated heterocycles. The normalized spacial score (nSPS) is 27.7. The average molecular weight is 441 g/mol. The van der Waals surface area contributed by atoms with Crippen molar-refractivity contribution in [2.75, 3.05) is 0 Å². The van der Waals surface area contributed by atoms with Crippen molar-refractivity contribution in [1.29, 1.82) is 0 Å². The third-order valence-electron chi connectivity index (χ3n) is 6.54. The Kier molecular flexibility index (Phi) is 5.17. The first-order chi connectivity index (χ1) is 15.0. The van der Waals surface area contributed by atoms with Gasteiger partial charge in [-0.05, 0) is 63.2 Å². The number of rotatable bonds is 3. The summed E-state index contributed by atoms with van der Waals surface area (Å²) in [5, 5.41) is 20.6. The number of nitrogens with zero attached hydrogens (tertiary/aromatic N) is 5. The van der Waals surface area contributed by atoms with Crippen LogP contribution in [-0.2, 0) is 4.79 Å². The Bertz CT molecular complexity index is 1020. The van der Waals surface area contributed by atoms with Crippen LogP contribution in [0.1, 0.15) is 56.0 Å². The van der Waals surface area contributed by atoms with Gasteiger partial charge in [0.25, 0.3) is 0 Å². The van der Waals surface area contributed by atoms with E-state index in [2.05, 4.69) is 20.4 Å². The summed E-state index contributed by atoms with van der Waals surface area (Å²) in [4.78, 5) is 22.8. The summed E-state index contributed by atoms with van der Waals surface area (Å²) in [5.74, 6) is 1.12. The molecule has 4 aliphatic rings. The molecule has 1 fully saturated rings. The van der Waals surface area contributed by atoms with Crippen molar-refractivity contribution in [1.82, 2.24) is 25.2 Å². The number of nitrogens with one attached hydrogen (secondary N) is 1. The van der Waals surface area contributed by atoms with Crippen molar-refractivity contribution in [3.8, 4) is 0 Å². The van der Waals surface area contributed by atoms with Crippen molar-refractivity contribution in [3.05, 3.63) is 58.2 Å². The molecule has 8 nitrogen and oxygen atoms in total. The second-order valence-corrected chi connectivity index (χ2v) is 8.92. The number of carboxylic acid groups (broad SMARTS) is 1. The Morgan fingerprint density at radius 2 is 2.06 bits per heavy atom. The number of hydrogen-bond donors (Lipinski definition) is 2. The molecule has 31 heavy (non-hydrogen) atoms. The molecule has 0 spiro atoms. The Labute approximate surface area is 186 Å². The van der Waals surface area contributed by atoms with E-state index >= 15 is 0 Å². The number of hydrazone groups is 1. The van der Waals surface area contributed by atoms with Gasteiger partial charge in [0.05, 0.1) is 6.04 Å². The zero-order valence-corrected chi connectivity index (χ0v) is 18.1. The fraction of sp³-hybridized carbons (Fsp3) is 0.455. The summed E-state index contributed by atoms with van der Waals surface area (Å²) in [6.07, 6.45) is 12.4. The fourth-order valence-electron chi connectivity index (χ4n) is 4.99. The van der Waals surface area contributed by atoms with Gasteiger partial charge in [0.2, 0.25) is 0 Å². The molecule has 1 aromatic rings. The molecule has 1 unspecified atom stereocenters. The minimum Gasteiger partial charge on any atom is -0.479 e. The smallest absolute Gasteiger partial charge is 0.331 e. The van der Waals surface area contributed by atoms with Crippen molar-refractivity contribution in [2.24, 2.45) is 5.10 Å². The van der Waals surface area contributed by atoms with E-state index in [1.54, 1.807) is 11.2 Å². The lowest BCUT2D eigenvalue weighted by atomic mass is 9.83. The standard InChI is InChI=1S/C22H25ClN6O2/c1-13-24-9-8-18(27-13)14-2-5-16(6-3-14)29-20-11-25-19-10-15(23)4-7-17(19)21(22(30)31)28(20)12-26-29/h8-12,14,16,21,25H,2-7H2,1H3,(H,30,31). The van der Waals surface area contributed by atoms with Crippen LogP contribution in [0.2, 0.25) is 0 Å². The monoisotopic (exact) mass is 440 g/mol. The van der Waals surface area contributed by atoms with Crippen molar-refractivity contribution in [3.63, 3.8) is 0 Å². The van der Waals surface area contributed by atoms with E-state index < -0.39 is 12.0 Å². The lowest BCUT2D eigenvalue weighted by Crippen LogP contribution is -2.43. The van der Waals surface area contributed by atoms with E-state index in [9.17, 15) is 9.90 Å². The molecule has 162 valence electrons. The average Bonchev–Trinajstić information content (AvgIpc) is 3.09. The second-order valence-electron chi connectivity index (χ2n) is 8.43. The van der Waals surface area contributed by atoms with Crippen LogP contribution in [0.4, 0.5) is 0 Å². The molecule has 1 atom stereocenters. The van der Waals surface area contributed by atoms with Gasteiger partial charge in [-0.1, -0.05) is 11.6 Å². The Balaban J connectivity index is 1.34. The zero-order valence-electron chi connectivity index (χ0n) is 17.3. The molecular weight excluding hydrogens is 416 g/mol. The molecule has 1 aromatic heterocycles. The molecule has 2 aliphatic heterocycles. The molecule has 0 amide bonds. The van der Waals surface area contributed by atoms with Crippen LogP contribution in [-0.4, -0.2) is 49.4 Å². The number of fused-ring (bicyclic) bond motifs is 1. The van der Waals surface area contributed by atoms with Gasteiger partial charge in [0.15, 0.2) is 6.04 Å². The van der Waals surface area contributed by atoms with E-state index in [0.29, 0.717) is 18.8 Å². The van der Waals surface area contributed by atoms with Crippen LogP contribution in [0.25, 0.3) is 0 Å². The van der Waals surface area contributed by atoms with Gasteiger partial charge in [-0.15, -0.1) is 0 Å². The van der Waals surface area contributed by atoms with E-state index in [4.69, 9.17) is 11.6 Å². The number of hydrogen-bond acceptors (Lipinski definition) is 7. The molecule has 3 heterocycles.